The maximum absolute atomic E-state index is 6.50. The Morgan fingerprint density at radius 2 is 1.94 bits per heavy atom. The Labute approximate surface area is 104 Å². The second-order valence-corrected chi connectivity index (χ2v) is 5.42. The van der Waals surface area contributed by atoms with Crippen LogP contribution in [0.2, 0.25) is 0 Å². The molecular formula is C14H23N3. The summed E-state index contributed by atoms with van der Waals surface area (Å²) >= 11 is 0. The van der Waals surface area contributed by atoms with Gasteiger partial charge in [-0.3, -0.25) is 4.98 Å². The number of likely N-dealkylation sites (N-methyl/N-ethyl adjacent to an activating group) is 1. The van der Waals surface area contributed by atoms with Gasteiger partial charge in [-0.1, -0.05) is 18.9 Å². The van der Waals surface area contributed by atoms with Crippen LogP contribution >= 0.6 is 0 Å². The summed E-state index contributed by atoms with van der Waals surface area (Å²) in [5, 5.41) is 0. The van der Waals surface area contributed by atoms with Gasteiger partial charge in [0.15, 0.2) is 0 Å². The van der Waals surface area contributed by atoms with Crippen molar-refractivity contribution in [3.8, 4) is 0 Å². The molecule has 1 aromatic rings. The summed E-state index contributed by atoms with van der Waals surface area (Å²) in [6, 6.07) is 4.23. The molecule has 1 fully saturated rings. The van der Waals surface area contributed by atoms with E-state index in [4.69, 9.17) is 5.73 Å². The summed E-state index contributed by atoms with van der Waals surface area (Å²) in [6.45, 7) is 2.01. The molecule has 1 aromatic heterocycles. The first-order valence-corrected chi connectivity index (χ1v) is 6.42. The number of nitrogens with zero attached hydrogens (tertiary/aromatic N) is 2. The van der Waals surface area contributed by atoms with Gasteiger partial charge in [-0.25, -0.2) is 0 Å². The average molecular weight is 233 g/mol. The van der Waals surface area contributed by atoms with E-state index in [1.54, 1.807) is 0 Å². The first-order valence-electron chi connectivity index (χ1n) is 6.42. The van der Waals surface area contributed by atoms with Crippen LogP contribution in [-0.4, -0.2) is 29.5 Å². The minimum absolute atomic E-state index is 0.0631. The van der Waals surface area contributed by atoms with E-state index in [2.05, 4.69) is 30.0 Å². The van der Waals surface area contributed by atoms with Crippen molar-refractivity contribution in [1.29, 1.82) is 0 Å². The molecule has 2 rings (SSSR count). The second kappa shape index (κ2) is 4.75. The number of pyridine rings is 1. The highest BCUT2D eigenvalue weighted by Crippen LogP contribution is 2.41. The summed E-state index contributed by atoms with van der Waals surface area (Å²) in [5.74, 6) is 0. The third kappa shape index (κ3) is 2.22. The highest BCUT2D eigenvalue weighted by atomic mass is 15.2. The molecule has 0 spiro atoms. The van der Waals surface area contributed by atoms with E-state index in [1.807, 2.05) is 19.2 Å². The molecule has 0 amide bonds. The van der Waals surface area contributed by atoms with Crippen molar-refractivity contribution >= 4 is 0 Å². The van der Waals surface area contributed by atoms with Gasteiger partial charge in [0.05, 0.1) is 0 Å². The van der Waals surface area contributed by atoms with E-state index >= 15 is 0 Å². The van der Waals surface area contributed by atoms with Gasteiger partial charge in [0.25, 0.3) is 0 Å². The van der Waals surface area contributed by atoms with Gasteiger partial charge in [-0.15, -0.1) is 0 Å². The molecule has 0 aliphatic heterocycles. The fourth-order valence-electron chi connectivity index (χ4n) is 3.00. The van der Waals surface area contributed by atoms with E-state index in [1.165, 1.54) is 25.7 Å². The third-order valence-corrected chi connectivity index (χ3v) is 4.23. The molecule has 3 nitrogen and oxygen atoms in total. The third-order valence-electron chi connectivity index (χ3n) is 4.23. The molecule has 0 aromatic carbocycles. The maximum Gasteiger partial charge on any atom is 0.0497 e. The van der Waals surface area contributed by atoms with Crippen molar-refractivity contribution in [2.45, 2.75) is 44.2 Å². The monoisotopic (exact) mass is 233 g/mol. The quantitative estimate of drug-likeness (QED) is 0.870. The van der Waals surface area contributed by atoms with Crippen LogP contribution in [0.4, 0.5) is 0 Å². The van der Waals surface area contributed by atoms with Crippen molar-refractivity contribution in [3.63, 3.8) is 0 Å². The number of nitrogens with two attached hydrogens (primary N) is 1. The van der Waals surface area contributed by atoms with E-state index < -0.39 is 0 Å². The molecule has 1 aliphatic carbocycles. The first-order chi connectivity index (χ1) is 8.06. The Kier molecular flexibility index (Phi) is 3.50. The molecule has 94 valence electrons. The second-order valence-electron chi connectivity index (χ2n) is 5.42. The predicted molar refractivity (Wildman–Crippen MR) is 70.8 cm³/mol. The normalized spacial score (nSPS) is 20.8. The lowest BCUT2D eigenvalue weighted by atomic mass is 9.83. The minimum Gasteiger partial charge on any atom is -0.322 e. The van der Waals surface area contributed by atoms with Crippen LogP contribution in [0, 0.1) is 6.92 Å². The van der Waals surface area contributed by atoms with Crippen LogP contribution in [0.1, 0.15) is 43.0 Å². The lowest BCUT2D eigenvalue weighted by Crippen LogP contribution is -2.50. The smallest absolute Gasteiger partial charge is 0.0497 e. The Hall–Kier alpha value is -0.930. The highest BCUT2D eigenvalue weighted by Gasteiger charge is 2.42. The van der Waals surface area contributed by atoms with Gasteiger partial charge < -0.3 is 10.6 Å². The summed E-state index contributed by atoms with van der Waals surface area (Å²) in [4.78, 5) is 6.67. The summed E-state index contributed by atoms with van der Waals surface area (Å²) < 4.78 is 0. The summed E-state index contributed by atoms with van der Waals surface area (Å²) in [6.07, 6.45) is 6.88. The van der Waals surface area contributed by atoms with E-state index in [-0.39, 0.29) is 11.6 Å². The van der Waals surface area contributed by atoms with Crippen LogP contribution in [0.3, 0.4) is 0 Å². The molecule has 0 saturated heterocycles. The zero-order valence-corrected chi connectivity index (χ0v) is 11.1. The highest BCUT2D eigenvalue weighted by molar-refractivity contribution is 5.22. The van der Waals surface area contributed by atoms with Gasteiger partial charge >= 0.3 is 0 Å². The Morgan fingerprint density at radius 3 is 2.41 bits per heavy atom. The molecule has 0 bridgehead atoms. The molecule has 0 radical (unpaired) electrons. The van der Waals surface area contributed by atoms with Gasteiger partial charge in [0, 0.05) is 23.5 Å². The van der Waals surface area contributed by atoms with Crippen LogP contribution in [-0.2, 0) is 0 Å². The van der Waals surface area contributed by atoms with Crippen molar-refractivity contribution in [2.24, 2.45) is 5.73 Å². The summed E-state index contributed by atoms with van der Waals surface area (Å²) in [5.41, 5.74) is 8.83. The van der Waals surface area contributed by atoms with Crippen LogP contribution < -0.4 is 5.73 Å². The van der Waals surface area contributed by atoms with Gasteiger partial charge in [0.2, 0.25) is 0 Å². The number of hydrogen-bond acceptors (Lipinski definition) is 3. The zero-order chi connectivity index (χ0) is 12.5. The van der Waals surface area contributed by atoms with Crippen LogP contribution in [0.5, 0.6) is 0 Å². The van der Waals surface area contributed by atoms with E-state index in [0.29, 0.717) is 0 Å². The molecular weight excluding hydrogens is 210 g/mol. The number of aromatic nitrogens is 1. The molecule has 1 atom stereocenters. The van der Waals surface area contributed by atoms with Crippen molar-refractivity contribution in [3.05, 3.63) is 29.6 Å². The Bertz CT molecular complexity index is 364. The fourth-order valence-corrected chi connectivity index (χ4v) is 3.00. The lowest BCUT2D eigenvalue weighted by Gasteiger charge is -2.41. The Morgan fingerprint density at radius 1 is 1.29 bits per heavy atom. The SMILES string of the molecule is Cc1ccc(C(N)C2(N(C)C)CCCC2)cn1. The maximum atomic E-state index is 6.50. The molecule has 1 unspecified atom stereocenters. The van der Waals surface area contributed by atoms with E-state index in [0.717, 1.165) is 11.3 Å². The van der Waals surface area contributed by atoms with Gasteiger partial charge in [0.1, 0.15) is 0 Å². The fraction of sp³-hybridized carbons (Fsp3) is 0.643. The largest absolute Gasteiger partial charge is 0.322 e. The molecule has 3 heteroatoms. The van der Waals surface area contributed by atoms with Crippen LogP contribution in [0.25, 0.3) is 0 Å². The first kappa shape index (κ1) is 12.5. The summed E-state index contributed by atoms with van der Waals surface area (Å²) in [7, 11) is 4.29. The predicted octanol–water partition coefficient (Wildman–Crippen LogP) is 2.26. The van der Waals surface area contributed by atoms with Crippen molar-refractivity contribution in [2.75, 3.05) is 14.1 Å². The lowest BCUT2D eigenvalue weighted by molar-refractivity contribution is 0.123. The van der Waals surface area contributed by atoms with Crippen molar-refractivity contribution in [1.82, 2.24) is 9.88 Å². The van der Waals surface area contributed by atoms with Gasteiger partial charge in [-0.2, -0.15) is 0 Å². The Balaban J connectivity index is 2.28. The number of aryl methyl sites for hydroxylation is 1. The number of hydrogen-bond donors (Lipinski definition) is 1. The topological polar surface area (TPSA) is 42.1 Å². The van der Waals surface area contributed by atoms with Gasteiger partial charge in [-0.05, 0) is 45.5 Å². The number of rotatable bonds is 3. The van der Waals surface area contributed by atoms with Crippen molar-refractivity contribution < 1.29 is 0 Å². The molecule has 17 heavy (non-hydrogen) atoms. The molecule has 2 N–H and O–H groups in total. The molecule has 1 saturated carbocycles. The molecule has 1 heterocycles. The van der Waals surface area contributed by atoms with E-state index in [9.17, 15) is 0 Å². The standard InChI is InChI=1S/C14H23N3/c1-11-6-7-12(10-16-11)13(15)14(17(2)3)8-4-5-9-14/h6-7,10,13H,4-5,8-9,15H2,1-3H3. The molecule has 1 aliphatic rings. The minimum atomic E-state index is 0.0631. The van der Waals surface area contributed by atoms with Crippen LogP contribution in [0.15, 0.2) is 18.3 Å². The average Bonchev–Trinajstić information content (AvgIpc) is 2.79. The zero-order valence-electron chi connectivity index (χ0n) is 11.1.